The lowest BCUT2D eigenvalue weighted by atomic mass is 10.2. The minimum atomic E-state index is -4.85. The minimum Gasteiger partial charge on any atom is -0.406 e. The van der Waals surface area contributed by atoms with Crippen molar-refractivity contribution in [3.05, 3.63) is 54.5 Å². The smallest absolute Gasteiger partial charge is 0.406 e. The second kappa shape index (κ2) is 7.76. The van der Waals surface area contributed by atoms with E-state index in [1.165, 1.54) is 0 Å². The van der Waals surface area contributed by atoms with Crippen molar-refractivity contribution in [2.45, 2.75) is 37.1 Å². The van der Waals surface area contributed by atoms with Gasteiger partial charge in [0.25, 0.3) is 0 Å². The summed E-state index contributed by atoms with van der Waals surface area (Å²) in [5.41, 5.74) is 0.575. The lowest BCUT2D eigenvalue weighted by Crippen LogP contribution is -2.30. The maximum atomic E-state index is 12.7. The number of nitrogens with zero attached hydrogens (tertiary/aromatic N) is 3. The van der Waals surface area contributed by atoms with E-state index in [4.69, 9.17) is 0 Å². The van der Waals surface area contributed by atoms with Crippen LogP contribution < -0.4 is 9.46 Å². The van der Waals surface area contributed by atoms with Gasteiger partial charge in [0, 0.05) is 6.20 Å². The number of nitrogens with one attached hydrogen (secondary N) is 1. The summed E-state index contributed by atoms with van der Waals surface area (Å²) in [4.78, 5) is -0.183. The second-order valence-corrected chi connectivity index (χ2v) is 7.68. The highest BCUT2D eigenvalue weighted by molar-refractivity contribution is 7.89. The van der Waals surface area contributed by atoms with Gasteiger partial charge >= 0.3 is 6.36 Å². The third kappa shape index (κ3) is 4.60. The summed E-state index contributed by atoms with van der Waals surface area (Å²) in [7, 11) is -4.00. The first kappa shape index (κ1) is 20.1. The van der Waals surface area contributed by atoms with Crippen LogP contribution in [-0.4, -0.2) is 29.4 Å². The van der Waals surface area contributed by atoms with Crippen molar-refractivity contribution >= 4 is 15.7 Å². The highest BCUT2D eigenvalue weighted by Gasteiger charge is 2.31. The number of aromatic nitrogens is 3. The Morgan fingerprint density at radius 3 is 2.50 bits per heavy atom. The molecule has 11 heteroatoms. The Kier molecular flexibility index (Phi) is 5.57. The Bertz CT molecular complexity index is 1050. The van der Waals surface area contributed by atoms with E-state index in [9.17, 15) is 21.6 Å². The van der Waals surface area contributed by atoms with Gasteiger partial charge in [-0.25, -0.2) is 13.1 Å². The Labute approximate surface area is 159 Å². The third-order valence-corrected chi connectivity index (χ3v) is 5.38. The van der Waals surface area contributed by atoms with E-state index in [0.717, 1.165) is 24.3 Å². The zero-order valence-corrected chi connectivity index (χ0v) is 15.5. The van der Waals surface area contributed by atoms with Crippen LogP contribution in [0.1, 0.15) is 31.6 Å². The molecule has 3 rings (SSSR count). The summed E-state index contributed by atoms with van der Waals surface area (Å²) >= 11 is 0. The molecule has 0 aliphatic carbocycles. The van der Waals surface area contributed by atoms with Crippen LogP contribution in [0.5, 0.6) is 5.75 Å². The molecule has 0 unspecified atom stereocenters. The Morgan fingerprint density at radius 2 is 1.86 bits per heavy atom. The molecule has 0 aliphatic rings. The monoisotopic (exact) mass is 414 g/mol. The van der Waals surface area contributed by atoms with Crippen LogP contribution in [0.4, 0.5) is 13.2 Å². The van der Waals surface area contributed by atoms with Crippen molar-refractivity contribution in [3.8, 4) is 5.75 Å². The lowest BCUT2D eigenvalue weighted by Gasteiger charge is -2.17. The van der Waals surface area contributed by atoms with E-state index in [2.05, 4.69) is 19.7 Å². The molecule has 0 fully saturated rings. The molecule has 0 amide bonds. The first-order valence-electron chi connectivity index (χ1n) is 8.37. The van der Waals surface area contributed by atoms with Gasteiger partial charge in [-0.1, -0.05) is 19.4 Å². The second-order valence-electron chi connectivity index (χ2n) is 5.97. The summed E-state index contributed by atoms with van der Waals surface area (Å²) in [5.74, 6) is -0.0712. The fraction of sp³-hybridized carbons (Fsp3) is 0.294. The minimum absolute atomic E-state index is 0.183. The van der Waals surface area contributed by atoms with Crippen LogP contribution in [-0.2, 0) is 10.0 Å². The molecular weight excluding hydrogens is 397 g/mol. The zero-order valence-electron chi connectivity index (χ0n) is 14.7. The van der Waals surface area contributed by atoms with Gasteiger partial charge in [0.05, 0.1) is 10.9 Å². The zero-order chi connectivity index (χ0) is 20.4. The van der Waals surface area contributed by atoms with E-state index >= 15 is 0 Å². The van der Waals surface area contributed by atoms with Gasteiger partial charge in [-0.3, -0.25) is 4.40 Å². The number of hydrogen-bond acceptors (Lipinski definition) is 5. The molecular formula is C17H17F3N4O3S. The molecule has 0 saturated carbocycles. The highest BCUT2D eigenvalue weighted by Crippen LogP contribution is 2.25. The standard InChI is InChI=1S/C17H17F3N4O3S/c1-2-5-14(16-22-21-15-6-3-4-11-24(15)16)23-28(25,26)13-9-7-12(8-10-13)27-17(18,19)20/h3-4,6-11,14,23H,2,5H2,1H3/t14-/m0/s1. The van der Waals surface area contributed by atoms with Crippen molar-refractivity contribution in [2.75, 3.05) is 0 Å². The van der Waals surface area contributed by atoms with Crippen LogP contribution >= 0.6 is 0 Å². The van der Waals surface area contributed by atoms with E-state index in [1.54, 1.807) is 28.8 Å². The molecule has 0 saturated heterocycles. The predicted octanol–water partition coefficient (Wildman–Crippen LogP) is 3.45. The predicted molar refractivity (Wildman–Crippen MR) is 94.1 cm³/mol. The molecule has 3 aromatic rings. The third-order valence-electron chi connectivity index (χ3n) is 3.89. The van der Waals surface area contributed by atoms with Crippen LogP contribution in [0.15, 0.2) is 53.6 Å². The molecule has 2 aromatic heterocycles. The van der Waals surface area contributed by atoms with Crippen LogP contribution in [0, 0.1) is 0 Å². The number of pyridine rings is 1. The molecule has 28 heavy (non-hydrogen) atoms. The molecule has 150 valence electrons. The summed E-state index contributed by atoms with van der Waals surface area (Å²) in [5, 5.41) is 8.11. The summed E-state index contributed by atoms with van der Waals surface area (Å²) in [6.45, 7) is 1.90. The van der Waals surface area contributed by atoms with Crippen LogP contribution in [0.3, 0.4) is 0 Å². The number of halogens is 3. The molecule has 0 spiro atoms. The van der Waals surface area contributed by atoms with Gasteiger partial charge < -0.3 is 4.74 Å². The van der Waals surface area contributed by atoms with E-state index in [0.29, 0.717) is 24.3 Å². The van der Waals surface area contributed by atoms with Gasteiger partial charge in [0.2, 0.25) is 10.0 Å². The number of ether oxygens (including phenoxy) is 1. The van der Waals surface area contributed by atoms with Crippen LogP contribution in [0.25, 0.3) is 5.65 Å². The van der Waals surface area contributed by atoms with Crippen LogP contribution in [0.2, 0.25) is 0 Å². The molecule has 1 atom stereocenters. The summed E-state index contributed by atoms with van der Waals surface area (Å²) < 4.78 is 70.2. The van der Waals surface area contributed by atoms with E-state index in [1.807, 2.05) is 6.92 Å². The first-order valence-corrected chi connectivity index (χ1v) is 9.86. The van der Waals surface area contributed by atoms with Gasteiger partial charge in [-0.15, -0.1) is 23.4 Å². The molecule has 0 bridgehead atoms. The van der Waals surface area contributed by atoms with Gasteiger partial charge in [-0.05, 0) is 42.8 Å². The Hall–Kier alpha value is -2.66. The van der Waals surface area contributed by atoms with E-state index < -0.39 is 28.2 Å². The Balaban J connectivity index is 1.86. The van der Waals surface area contributed by atoms with Crippen molar-refractivity contribution < 1.29 is 26.3 Å². The van der Waals surface area contributed by atoms with Crippen molar-refractivity contribution in [1.82, 2.24) is 19.3 Å². The number of fused-ring (bicyclic) bond motifs is 1. The SMILES string of the molecule is CCC[C@H](NS(=O)(=O)c1ccc(OC(F)(F)F)cc1)c1nnc2ccccn12. The first-order chi connectivity index (χ1) is 13.2. The molecule has 0 radical (unpaired) electrons. The van der Waals surface area contributed by atoms with Gasteiger partial charge in [0.1, 0.15) is 5.75 Å². The maximum Gasteiger partial charge on any atom is 0.573 e. The fourth-order valence-electron chi connectivity index (χ4n) is 2.70. The average Bonchev–Trinajstić information content (AvgIpc) is 3.04. The molecule has 0 aliphatic heterocycles. The average molecular weight is 414 g/mol. The molecule has 1 aromatic carbocycles. The number of rotatable bonds is 7. The largest absolute Gasteiger partial charge is 0.573 e. The van der Waals surface area contributed by atoms with Crippen molar-refractivity contribution in [3.63, 3.8) is 0 Å². The van der Waals surface area contributed by atoms with Crippen molar-refractivity contribution in [1.29, 1.82) is 0 Å². The molecule has 7 nitrogen and oxygen atoms in total. The van der Waals surface area contributed by atoms with Gasteiger partial charge in [0.15, 0.2) is 11.5 Å². The fourth-order valence-corrected chi connectivity index (χ4v) is 3.93. The topological polar surface area (TPSA) is 85.6 Å². The van der Waals surface area contributed by atoms with E-state index in [-0.39, 0.29) is 4.90 Å². The lowest BCUT2D eigenvalue weighted by molar-refractivity contribution is -0.274. The van der Waals surface area contributed by atoms with Gasteiger partial charge in [-0.2, -0.15) is 0 Å². The maximum absolute atomic E-state index is 12.7. The quantitative estimate of drug-likeness (QED) is 0.640. The number of hydrogen-bond donors (Lipinski definition) is 1. The summed E-state index contributed by atoms with van der Waals surface area (Å²) in [6.07, 6.45) is -1.98. The number of sulfonamides is 1. The summed E-state index contributed by atoms with van der Waals surface area (Å²) in [6, 6.07) is 8.65. The molecule has 2 heterocycles. The number of benzene rings is 1. The molecule has 1 N–H and O–H groups in total. The highest BCUT2D eigenvalue weighted by atomic mass is 32.2. The number of alkyl halides is 3. The normalized spacial score (nSPS) is 13.6. The van der Waals surface area contributed by atoms with Crippen molar-refractivity contribution in [2.24, 2.45) is 0 Å². The Morgan fingerprint density at radius 1 is 1.14 bits per heavy atom.